The molecule has 3 unspecified atom stereocenters. The second-order valence-electron chi connectivity index (χ2n) is 13.1. The number of aliphatic hydroxyl groups is 1. The highest BCUT2D eigenvalue weighted by Crippen LogP contribution is 2.48. The number of halogens is 1. The standard InChI is InChI=1S/C35H41ClN2O6S/c1-21(2)44-32-20-30-23(16-31(32)43-4)17-33(39)37(34(30)22-6-10-26(36)11-7-22)27-12-8-24(9-13-27)35(3,40)25-18-28-14-15-29(19-25)38(28)45(5,41)42/h6-13,16,20-21,25,28-29,34,40H,14-15,17-19H2,1-5H3/t25?,28?,29?,34?,35-/m1/s1. The molecule has 0 spiro atoms. The molecule has 8 nitrogen and oxygen atoms in total. The molecular weight excluding hydrogens is 612 g/mol. The maximum atomic E-state index is 13.9. The van der Waals surface area contributed by atoms with Crippen molar-refractivity contribution in [3.05, 3.63) is 87.9 Å². The highest BCUT2D eigenvalue weighted by molar-refractivity contribution is 7.88. The fourth-order valence-electron chi connectivity index (χ4n) is 7.66. The number of hydrogen-bond donors (Lipinski definition) is 1. The third-order valence-corrected chi connectivity index (χ3v) is 11.3. The predicted molar refractivity (Wildman–Crippen MR) is 175 cm³/mol. The Bertz CT molecular complexity index is 1680. The number of hydrogen-bond acceptors (Lipinski definition) is 6. The Morgan fingerprint density at radius 3 is 2.16 bits per heavy atom. The number of benzene rings is 3. The minimum atomic E-state index is -3.29. The first-order chi connectivity index (χ1) is 21.3. The van der Waals surface area contributed by atoms with Crippen LogP contribution in [0.25, 0.3) is 0 Å². The van der Waals surface area contributed by atoms with Gasteiger partial charge in [-0.3, -0.25) is 4.79 Å². The van der Waals surface area contributed by atoms with Gasteiger partial charge in [-0.25, -0.2) is 8.42 Å². The van der Waals surface area contributed by atoms with E-state index in [0.29, 0.717) is 35.1 Å². The van der Waals surface area contributed by atoms with Crippen LogP contribution < -0.4 is 14.4 Å². The Morgan fingerprint density at radius 1 is 0.978 bits per heavy atom. The Labute approximate surface area is 270 Å². The van der Waals surface area contributed by atoms with Gasteiger partial charge in [-0.15, -0.1) is 0 Å². The van der Waals surface area contributed by atoms with Gasteiger partial charge in [0.15, 0.2) is 11.5 Å². The predicted octanol–water partition coefficient (Wildman–Crippen LogP) is 6.22. The van der Waals surface area contributed by atoms with Crippen LogP contribution in [0.3, 0.4) is 0 Å². The Morgan fingerprint density at radius 2 is 1.60 bits per heavy atom. The van der Waals surface area contributed by atoms with E-state index in [1.807, 2.05) is 81.4 Å². The topological polar surface area (TPSA) is 96.4 Å². The van der Waals surface area contributed by atoms with E-state index >= 15 is 0 Å². The fraction of sp³-hybridized carbons (Fsp3) is 0.457. The van der Waals surface area contributed by atoms with Gasteiger partial charge in [0, 0.05) is 22.8 Å². The van der Waals surface area contributed by atoms with Crippen molar-refractivity contribution in [2.24, 2.45) is 5.92 Å². The van der Waals surface area contributed by atoms with Gasteiger partial charge in [-0.1, -0.05) is 35.9 Å². The zero-order valence-electron chi connectivity index (χ0n) is 26.4. The highest BCUT2D eigenvalue weighted by Gasteiger charge is 2.50. The number of carbonyl (C=O) groups is 1. The summed E-state index contributed by atoms with van der Waals surface area (Å²) in [5.74, 6) is 1.05. The van der Waals surface area contributed by atoms with Crippen molar-refractivity contribution < 1.29 is 27.8 Å². The number of ether oxygens (including phenoxy) is 2. The average Bonchev–Trinajstić information content (AvgIpc) is 3.27. The number of rotatable bonds is 8. The van der Waals surface area contributed by atoms with Gasteiger partial charge >= 0.3 is 0 Å². The van der Waals surface area contributed by atoms with E-state index in [9.17, 15) is 18.3 Å². The summed E-state index contributed by atoms with van der Waals surface area (Å²) in [5.41, 5.74) is 3.01. The van der Waals surface area contributed by atoms with Gasteiger partial charge in [-0.2, -0.15) is 4.31 Å². The van der Waals surface area contributed by atoms with Crippen molar-refractivity contribution in [3.63, 3.8) is 0 Å². The molecule has 0 radical (unpaired) electrons. The molecule has 3 aliphatic rings. The normalized spacial score (nSPS) is 24.8. The second-order valence-corrected chi connectivity index (χ2v) is 15.4. The summed E-state index contributed by atoms with van der Waals surface area (Å²) < 4.78 is 38.2. The molecule has 2 bridgehead atoms. The zero-order chi connectivity index (χ0) is 32.3. The first-order valence-electron chi connectivity index (χ1n) is 15.5. The summed E-state index contributed by atoms with van der Waals surface area (Å²) in [6.07, 6.45) is 4.28. The maximum Gasteiger partial charge on any atom is 0.232 e. The van der Waals surface area contributed by atoms with Gasteiger partial charge in [0.1, 0.15) is 0 Å². The monoisotopic (exact) mass is 652 g/mol. The lowest BCUT2D eigenvalue weighted by atomic mass is 9.75. The third-order valence-electron chi connectivity index (χ3n) is 9.71. The smallest absolute Gasteiger partial charge is 0.232 e. The molecule has 4 atom stereocenters. The van der Waals surface area contributed by atoms with Crippen LogP contribution in [0.1, 0.15) is 74.8 Å². The number of amides is 1. The molecule has 3 aromatic carbocycles. The van der Waals surface area contributed by atoms with E-state index < -0.39 is 21.7 Å². The first kappa shape index (κ1) is 31.9. The minimum absolute atomic E-state index is 0.0636. The number of sulfonamides is 1. The molecule has 2 saturated heterocycles. The van der Waals surface area contributed by atoms with E-state index in [0.717, 1.165) is 35.1 Å². The lowest BCUT2D eigenvalue weighted by molar-refractivity contribution is -0.118. The fourth-order valence-corrected chi connectivity index (χ4v) is 9.25. The summed E-state index contributed by atoms with van der Waals surface area (Å²) in [4.78, 5) is 15.7. The van der Waals surface area contributed by atoms with Crippen molar-refractivity contribution in [2.75, 3.05) is 18.3 Å². The van der Waals surface area contributed by atoms with Crippen LogP contribution in [0.15, 0.2) is 60.7 Å². The number of anilines is 1. The molecule has 1 amide bonds. The molecule has 0 aliphatic carbocycles. The summed E-state index contributed by atoms with van der Waals surface area (Å²) in [6, 6.07) is 18.4. The van der Waals surface area contributed by atoms with Crippen LogP contribution in [0.4, 0.5) is 5.69 Å². The van der Waals surface area contributed by atoms with E-state index in [4.69, 9.17) is 21.1 Å². The first-order valence-corrected chi connectivity index (χ1v) is 17.8. The van der Waals surface area contributed by atoms with Crippen molar-refractivity contribution in [1.29, 1.82) is 0 Å². The molecule has 6 rings (SSSR count). The van der Waals surface area contributed by atoms with Crippen LogP contribution >= 0.6 is 11.6 Å². The Kier molecular flexibility index (Phi) is 8.44. The molecular formula is C35H41ClN2O6S. The van der Waals surface area contributed by atoms with Crippen molar-refractivity contribution in [3.8, 4) is 11.5 Å². The summed E-state index contributed by atoms with van der Waals surface area (Å²) >= 11 is 6.26. The lowest BCUT2D eigenvalue weighted by Crippen LogP contribution is -2.50. The van der Waals surface area contributed by atoms with Gasteiger partial charge in [0.05, 0.1) is 37.5 Å². The van der Waals surface area contributed by atoms with Gasteiger partial charge in [0.2, 0.25) is 15.9 Å². The zero-order valence-corrected chi connectivity index (χ0v) is 27.9. The van der Waals surface area contributed by atoms with Gasteiger partial charge < -0.3 is 19.5 Å². The molecule has 3 aliphatic heterocycles. The highest BCUT2D eigenvalue weighted by atomic mass is 35.5. The van der Waals surface area contributed by atoms with Crippen molar-refractivity contribution >= 4 is 33.2 Å². The van der Waals surface area contributed by atoms with Crippen LogP contribution in [-0.2, 0) is 26.8 Å². The average molecular weight is 653 g/mol. The van der Waals surface area contributed by atoms with Gasteiger partial charge in [0.25, 0.3) is 0 Å². The lowest BCUT2D eigenvalue weighted by Gasteiger charge is -2.43. The number of fused-ring (bicyclic) bond motifs is 3. The molecule has 240 valence electrons. The van der Waals surface area contributed by atoms with Gasteiger partial charge in [-0.05, 0) is 111 Å². The van der Waals surface area contributed by atoms with Crippen molar-refractivity contribution in [1.82, 2.24) is 4.31 Å². The largest absolute Gasteiger partial charge is 0.493 e. The molecule has 45 heavy (non-hydrogen) atoms. The Balaban J connectivity index is 1.35. The molecule has 3 heterocycles. The quantitative estimate of drug-likeness (QED) is 0.310. The van der Waals surface area contributed by atoms with E-state index in [1.165, 1.54) is 6.26 Å². The van der Waals surface area contributed by atoms with E-state index in [-0.39, 0.29) is 36.4 Å². The van der Waals surface area contributed by atoms with Crippen LogP contribution in [-0.4, -0.2) is 55.3 Å². The van der Waals surface area contributed by atoms with E-state index in [1.54, 1.807) is 16.3 Å². The third kappa shape index (κ3) is 5.96. The molecule has 0 saturated carbocycles. The SMILES string of the molecule is COc1cc2c(cc1OC(C)C)C(c1ccc(Cl)cc1)N(c1ccc([C@@](C)(O)C3CC4CCC(C3)N4S(C)(=O)=O)cc1)C(=O)C2. The van der Waals surface area contributed by atoms with E-state index in [2.05, 4.69) is 0 Å². The summed E-state index contributed by atoms with van der Waals surface area (Å²) in [7, 11) is -1.70. The summed E-state index contributed by atoms with van der Waals surface area (Å²) in [6.45, 7) is 5.74. The number of piperidine rings is 1. The number of carbonyl (C=O) groups excluding carboxylic acids is 1. The van der Waals surface area contributed by atoms with Crippen LogP contribution in [0.5, 0.6) is 11.5 Å². The Hall–Kier alpha value is -3.11. The molecule has 1 N–H and O–H groups in total. The van der Waals surface area contributed by atoms with Crippen LogP contribution in [0.2, 0.25) is 5.02 Å². The number of methoxy groups -OCH3 is 1. The molecule has 2 fully saturated rings. The second kappa shape index (κ2) is 11.9. The summed E-state index contributed by atoms with van der Waals surface area (Å²) in [5, 5.41) is 12.5. The van der Waals surface area contributed by atoms with Crippen LogP contribution in [0, 0.1) is 5.92 Å². The number of nitrogens with zero attached hydrogens (tertiary/aromatic N) is 2. The molecule has 0 aromatic heterocycles. The maximum absolute atomic E-state index is 13.9. The molecule has 3 aromatic rings. The van der Waals surface area contributed by atoms with Crippen molar-refractivity contribution in [2.45, 2.75) is 82.7 Å². The minimum Gasteiger partial charge on any atom is -0.493 e. The molecule has 10 heteroatoms.